The summed E-state index contributed by atoms with van der Waals surface area (Å²) in [5.41, 5.74) is 5.78. The van der Waals surface area contributed by atoms with Crippen LogP contribution in [0.1, 0.15) is 6.92 Å². The highest BCUT2D eigenvalue weighted by Crippen LogP contribution is 2.25. The van der Waals surface area contributed by atoms with E-state index < -0.39 is 11.2 Å². The van der Waals surface area contributed by atoms with E-state index in [1.807, 2.05) is 0 Å². The van der Waals surface area contributed by atoms with E-state index in [4.69, 9.17) is 10.8 Å². The first kappa shape index (κ1) is 10.3. The molecule has 0 aliphatic carbocycles. The molecule has 1 atom stereocenters. The first-order chi connectivity index (χ1) is 6.50. The van der Waals surface area contributed by atoms with E-state index in [-0.39, 0.29) is 11.4 Å². The maximum atomic E-state index is 10.5. The maximum absolute atomic E-state index is 10.5. The fraction of sp³-hybridized carbons (Fsp3) is 0.250. The molecule has 0 saturated carbocycles. The second kappa shape index (κ2) is 3.93. The van der Waals surface area contributed by atoms with Gasteiger partial charge in [0.2, 0.25) is 0 Å². The molecule has 0 radical (unpaired) electrons. The van der Waals surface area contributed by atoms with Crippen LogP contribution in [0, 0.1) is 10.1 Å². The number of nitro benzene ring substituents is 1. The van der Waals surface area contributed by atoms with Crippen LogP contribution in [0.2, 0.25) is 0 Å². The number of rotatable bonds is 3. The molecule has 1 aromatic carbocycles. The highest BCUT2D eigenvalue weighted by atomic mass is 16.6. The van der Waals surface area contributed by atoms with Crippen LogP contribution < -0.4 is 11.1 Å². The molecule has 14 heavy (non-hydrogen) atoms. The van der Waals surface area contributed by atoms with Gasteiger partial charge in [-0.25, -0.2) is 0 Å². The van der Waals surface area contributed by atoms with E-state index in [1.54, 1.807) is 6.07 Å². The standard InChI is InChI=1S/C8H11N3O3/c1-5(12)10-6-2-3-7(9)8(4-6)11(13)14/h2-5,10,12H,9H2,1H3. The summed E-state index contributed by atoms with van der Waals surface area (Å²) in [5, 5.41) is 22.1. The molecule has 6 nitrogen and oxygen atoms in total. The van der Waals surface area contributed by atoms with Gasteiger partial charge < -0.3 is 16.2 Å². The third kappa shape index (κ3) is 2.33. The van der Waals surface area contributed by atoms with Crippen LogP contribution in [-0.2, 0) is 0 Å². The van der Waals surface area contributed by atoms with Crippen molar-refractivity contribution in [2.45, 2.75) is 13.2 Å². The Morgan fingerprint density at radius 1 is 1.64 bits per heavy atom. The molecule has 1 rings (SSSR count). The van der Waals surface area contributed by atoms with E-state index in [0.29, 0.717) is 5.69 Å². The number of aliphatic hydroxyl groups is 1. The summed E-state index contributed by atoms with van der Waals surface area (Å²) >= 11 is 0. The Morgan fingerprint density at radius 2 is 2.29 bits per heavy atom. The van der Waals surface area contributed by atoms with Crippen LogP contribution in [0.25, 0.3) is 0 Å². The van der Waals surface area contributed by atoms with Gasteiger partial charge in [0.15, 0.2) is 0 Å². The molecule has 0 aromatic heterocycles. The number of hydrogen-bond acceptors (Lipinski definition) is 5. The average Bonchev–Trinajstić information content (AvgIpc) is 2.07. The van der Waals surface area contributed by atoms with Crippen LogP contribution in [-0.4, -0.2) is 16.3 Å². The minimum absolute atomic E-state index is 0.103. The molecular weight excluding hydrogens is 186 g/mol. The predicted molar refractivity (Wildman–Crippen MR) is 52.8 cm³/mol. The topological polar surface area (TPSA) is 101 Å². The van der Waals surface area contributed by atoms with Crippen LogP contribution in [0.5, 0.6) is 0 Å². The fourth-order valence-corrected chi connectivity index (χ4v) is 1.03. The van der Waals surface area contributed by atoms with Crippen LogP contribution >= 0.6 is 0 Å². The van der Waals surface area contributed by atoms with Crippen LogP contribution in [0.4, 0.5) is 17.1 Å². The molecule has 0 amide bonds. The number of nitrogens with zero attached hydrogens (tertiary/aromatic N) is 1. The van der Waals surface area contributed by atoms with Crippen LogP contribution in [0.15, 0.2) is 18.2 Å². The van der Waals surface area contributed by atoms with E-state index in [2.05, 4.69) is 5.32 Å². The zero-order valence-electron chi connectivity index (χ0n) is 7.60. The molecule has 0 aliphatic heterocycles. The van der Waals surface area contributed by atoms with E-state index in [1.165, 1.54) is 19.1 Å². The predicted octanol–water partition coefficient (Wildman–Crippen LogP) is 0.927. The molecule has 0 fully saturated rings. The van der Waals surface area contributed by atoms with Crippen molar-refractivity contribution in [3.63, 3.8) is 0 Å². The summed E-state index contributed by atoms with van der Waals surface area (Å²) in [6, 6.07) is 4.26. The summed E-state index contributed by atoms with van der Waals surface area (Å²) in [7, 11) is 0. The minimum Gasteiger partial charge on any atom is -0.393 e. The highest BCUT2D eigenvalue weighted by Gasteiger charge is 2.11. The Kier molecular flexibility index (Phi) is 2.88. The third-order valence-electron chi connectivity index (χ3n) is 1.60. The number of nitrogens with two attached hydrogens (primary N) is 1. The second-order valence-corrected chi connectivity index (χ2v) is 2.85. The SMILES string of the molecule is CC(O)Nc1ccc(N)c([N+](=O)[O-])c1. The van der Waals surface area contributed by atoms with Gasteiger partial charge in [0.1, 0.15) is 11.9 Å². The average molecular weight is 197 g/mol. The largest absolute Gasteiger partial charge is 0.393 e. The first-order valence-corrected chi connectivity index (χ1v) is 3.99. The van der Waals surface area contributed by atoms with Crippen molar-refractivity contribution < 1.29 is 10.0 Å². The molecular formula is C8H11N3O3. The molecule has 76 valence electrons. The lowest BCUT2D eigenvalue weighted by Crippen LogP contribution is -2.13. The van der Waals surface area contributed by atoms with Crippen molar-refractivity contribution in [1.82, 2.24) is 0 Å². The van der Waals surface area contributed by atoms with Crippen molar-refractivity contribution in [3.8, 4) is 0 Å². The van der Waals surface area contributed by atoms with E-state index in [0.717, 1.165) is 0 Å². The third-order valence-corrected chi connectivity index (χ3v) is 1.60. The zero-order chi connectivity index (χ0) is 10.7. The number of nitrogen functional groups attached to an aromatic ring is 1. The first-order valence-electron chi connectivity index (χ1n) is 3.99. The summed E-state index contributed by atoms with van der Waals surface area (Å²) in [4.78, 5) is 9.93. The lowest BCUT2D eigenvalue weighted by molar-refractivity contribution is -0.383. The number of hydrogen-bond donors (Lipinski definition) is 3. The zero-order valence-corrected chi connectivity index (χ0v) is 7.60. The Balaban J connectivity index is 3.00. The van der Waals surface area contributed by atoms with E-state index in [9.17, 15) is 10.1 Å². The smallest absolute Gasteiger partial charge is 0.294 e. The summed E-state index contributed by atoms with van der Waals surface area (Å²) < 4.78 is 0. The highest BCUT2D eigenvalue weighted by molar-refractivity contribution is 5.65. The number of nitrogens with one attached hydrogen (secondary N) is 1. The molecule has 0 spiro atoms. The van der Waals surface area contributed by atoms with Crippen molar-refractivity contribution in [2.24, 2.45) is 0 Å². The summed E-state index contributed by atoms with van der Waals surface area (Å²) in [6.45, 7) is 1.52. The molecule has 0 aliphatic rings. The second-order valence-electron chi connectivity index (χ2n) is 2.85. The molecule has 0 heterocycles. The van der Waals surface area contributed by atoms with Crippen molar-refractivity contribution >= 4 is 17.1 Å². The summed E-state index contributed by atoms with van der Waals surface area (Å²) in [5.74, 6) is 0. The lowest BCUT2D eigenvalue weighted by atomic mass is 10.2. The van der Waals surface area contributed by atoms with Crippen molar-refractivity contribution in [1.29, 1.82) is 0 Å². The summed E-state index contributed by atoms with van der Waals surface area (Å²) in [6.07, 6.45) is -0.766. The van der Waals surface area contributed by atoms with Crippen molar-refractivity contribution in [2.75, 3.05) is 11.1 Å². The quantitative estimate of drug-likeness (QED) is 0.289. The molecule has 1 unspecified atom stereocenters. The Labute approximate surface area is 80.5 Å². The van der Waals surface area contributed by atoms with Crippen LogP contribution in [0.3, 0.4) is 0 Å². The number of nitro groups is 1. The molecule has 0 bridgehead atoms. The Bertz CT molecular complexity index is 352. The monoisotopic (exact) mass is 197 g/mol. The molecule has 1 aromatic rings. The van der Waals surface area contributed by atoms with Gasteiger partial charge in [0.05, 0.1) is 4.92 Å². The molecule has 6 heteroatoms. The van der Waals surface area contributed by atoms with Gasteiger partial charge in [-0.05, 0) is 19.1 Å². The number of benzene rings is 1. The van der Waals surface area contributed by atoms with Gasteiger partial charge in [-0.1, -0.05) is 0 Å². The van der Waals surface area contributed by atoms with E-state index >= 15 is 0 Å². The van der Waals surface area contributed by atoms with Gasteiger partial charge in [0.25, 0.3) is 5.69 Å². The number of aliphatic hydroxyl groups excluding tert-OH is 1. The van der Waals surface area contributed by atoms with Gasteiger partial charge in [-0.2, -0.15) is 0 Å². The fourth-order valence-electron chi connectivity index (χ4n) is 1.03. The van der Waals surface area contributed by atoms with Gasteiger partial charge in [0, 0.05) is 11.8 Å². The Hall–Kier alpha value is -1.82. The van der Waals surface area contributed by atoms with Gasteiger partial charge in [-0.3, -0.25) is 10.1 Å². The van der Waals surface area contributed by atoms with Gasteiger partial charge >= 0.3 is 0 Å². The minimum atomic E-state index is -0.766. The lowest BCUT2D eigenvalue weighted by Gasteiger charge is -2.08. The Morgan fingerprint density at radius 3 is 2.79 bits per heavy atom. The maximum Gasteiger partial charge on any atom is 0.294 e. The van der Waals surface area contributed by atoms with Crippen molar-refractivity contribution in [3.05, 3.63) is 28.3 Å². The van der Waals surface area contributed by atoms with Gasteiger partial charge in [-0.15, -0.1) is 0 Å². The molecule has 0 saturated heterocycles. The molecule has 4 N–H and O–H groups in total. The normalized spacial score (nSPS) is 12.1. The number of anilines is 2.